The van der Waals surface area contributed by atoms with Crippen LogP contribution in [0.2, 0.25) is 5.02 Å². The van der Waals surface area contributed by atoms with Crippen molar-refractivity contribution < 1.29 is 4.79 Å². The summed E-state index contributed by atoms with van der Waals surface area (Å²) in [5, 5.41) is 0.587. The first kappa shape index (κ1) is 14.7. The minimum Gasteiger partial charge on any atom is -0.342 e. The summed E-state index contributed by atoms with van der Waals surface area (Å²) in [6.07, 6.45) is 8.93. The number of terminal acetylenes is 1. The number of aryl methyl sites for hydroxylation is 1. The third kappa shape index (κ3) is 3.54. The number of carbonyl (C=O) groups excluding carboxylic acids is 1. The average molecular weight is 267 g/mol. The van der Waals surface area contributed by atoms with Crippen LogP contribution in [0.5, 0.6) is 0 Å². The number of amides is 1. The summed E-state index contributed by atoms with van der Waals surface area (Å²) in [5.74, 6) is 2.48. The van der Waals surface area contributed by atoms with Crippen LogP contribution in [-0.4, -0.2) is 28.5 Å². The molecule has 0 aromatic carbocycles. The van der Waals surface area contributed by atoms with Crippen LogP contribution < -0.4 is 0 Å². The predicted molar refractivity (Wildman–Crippen MR) is 74.8 cm³/mol. The van der Waals surface area contributed by atoms with Crippen LogP contribution in [0, 0.1) is 12.3 Å². The maximum Gasteiger partial charge on any atom is 0.271 e. The lowest BCUT2D eigenvalue weighted by atomic mass is 10.3. The van der Waals surface area contributed by atoms with Gasteiger partial charge in [0.1, 0.15) is 5.69 Å². The number of rotatable bonds is 6. The standard InChI is InChI=1S/C14H19ClN2O/c1-4-7-16(8-5-2)14(18)13-10-12(15)11-17(13)9-6-3/h1,10-11H,5-9H2,2-3H3. The maximum absolute atomic E-state index is 12.4. The topological polar surface area (TPSA) is 25.2 Å². The van der Waals surface area contributed by atoms with Gasteiger partial charge < -0.3 is 9.47 Å². The molecule has 0 spiro atoms. The van der Waals surface area contributed by atoms with Gasteiger partial charge in [0.25, 0.3) is 5.91 Å². The first-order valence-electron chi connectivity index (χ1n) is 6.22. The molecule has 1 aromatic rings. The fraction of sp³-hybridized carbons (Fsp3) is 0.500. The Labute approximate surface area is 114 Å². The number of nitrogens with zero attached hydrogens (tertiary/aromatic N) is 2. The van der Waals surface area contributed by atoms with Gasteiger partial charge in [-0.2, -0.15) is 0 Å². The summed E-state index contributed by atoms with van der Waals surface area (Å²) in [5.41, 5.74) is 0.616. The van der Waals surface area contributed by atoms with Gasteiger partial charge in [0.05, 0.1) is 11.6 Å². The Bertz CT molecular complexity index is 445. The van der Waals surface area contributed by atoms with Gasteiger partial charge in [-0.05, 0) is 18.9 Å². The molecule has 0 radical (unpaired) electrons. The zero-order chi connectivity index (χ0) is 13.5. The summed E-state index contributed by atoms with van der Waals surface area (Å²) in [6, 6.07) is 1.71. The molecule has 0 N–H and O–H groups in total. The van der Waals surface area contributed by atoms with Crippen molar-refractivity contribution >= 4 is 17.5 Å². The average Bonchev–Trinajstić information content (AvgIpc) is 2.70. The van der Waals surface area contributed by atoms with E-state index in [9.17, 15) is 4.79 Å². The number of carbonyl (C=O) groups is 1. The lowest BCUT2D eigenvalue weighted by Crippen LogP contribution is -2.33. The molecule has 0 aliphatic rings. The maximum atomic E-state index is 12.4. The van der Waals surface area contributed by atoms with Crippen molar-refractivity contribution in [2.45, 2.75) is 33.2 Å². The highest BCUT2D eigenvalue weighted by Gasteiger charge is 2.18. The minimum absolute atomic E-state index is 0.0462. The molecule has 3 nitrogen and oxygen atoms in total. The molecule has 1 rings (SSSR count). The zero-order valence-corrected chi connectivity index (χ0v) is 11.7. The van der Waals surface area contributed by atoms with E-state index in [0.717, 1.165) is 19.4 Å². The molecule has 0 saturated carbocycles. The Kier molecular flexibility index (Phi) is 5.80. The monoisotopic (exact) mass is 266 g/mol. The van der Waals surface area contributed by atoms with Gasteiger partial charge in [-0.15, -0.1) is 6.42 Å². The Hall–Kier alpha value is -1.40. The summed E-state index contributed by atoms with van der Waals surface area (Å²) >= 11 is 5.97. The minimum atomic E-state index is -0.0462. The third-order valence-electron chi connectivity index (χ3n) is 2.61. The second-order valence-corrected chi connectivity index (χ2v) is 4.60. The highest BCUT2D eigenvalue weighted by molar-refractivity contribution is 6.31. The molecule has 1 aromatic heterocycles. The van der Waals surface area contributed by atoms with E-state index < -0.39 is 0 Å². The summed E-state index contributed by atoms with van der Waals surface area (Å²) < 4.78 is 1.89. The fourth-order valence-electron chi connectivity index (χ4n) is 1.87. The SMILES string of the molecule is C#CCN(CCC)C(=O)c1cc(Cl)cn1CCC. The number of halogens is 1. The highest BCUT2D eigenvalue weighted by Crippen LogP contribution is 2.16. The molecule has 0 bridgehead atoms. The van der Waals surface area contributed by atoms with E-state index in [0.29, 0.717) is 23.8 Å². The lowest BCUT2D eigenvalue weighted by Gasteiger charge is -2.20. The molecule has 1 heterocycles. The summed E-state index contributed by atoms with van der Waals surface area (Å²) in [6.45, 7) is 5.87. The van der Waals surface area contributed by atoms with Crippen molar-refractivity contribution in [3.63, 3.8) is 0 Å². The van der Waals surface area contributed by atoms with E-state index in [-0.39, 0.29) is 5.91 Å². The molecule has 0 fully saturated rings. The van der Waals surface area contributed by atoms with Crippen molar-refractivity contribution in [3.8, 4) is 12.3 Å². The Morgan fingerprint density at radius 2 is 2.22 bits per heavy atom. The number of aromatic nitrogens is 1. The Morgan fingerprint density at radius 3 is 2.78 bits per heavy atom. The molecular weight excluding hydrogens is 248 g/mol. The molecule has 4 heteroatoms. The van der Waals surface area contributed by atoms with Crippen LogP contribution in [0.1, 0.15) is 37.2 Å². The van der Waals surface area contributed by atoms with Crippen molar-refractivity contribution in [1.29, 1.82) is 0 Å². The molecule has 0 unspecified atom stereocenters. The van der Waals surface area contributed by atoms with Crippen LogP contribution in [-0.2, 0) is 6.54 Å². The van der Waals surface area contributed by atoms with E-state index in [1.165, 1.54) is 0 Å². The fourth-order valence-corrected chi connectivity index (χ4v) is 2.10. The van der Waals surface area contributed by atoms with Gasteiger partial charge in [0, 0.05) is 19.3 Å². The van der Waals surface area contributed by atoms with Crippen LogP contribution in [0.25, 0.3) is 0 Å². The molecule has 0 aliphatic heterocycles. The van der Waals surface area contributed by atoms with E-state index in [1.54, 1.807) is 17.2 Å². The van der Waals surface area contributed by atoms with Crippen LogP contribution in [0.3, 0.4) is 0 Å². The molecule has 98 valence electrons. The Balaban J connectivity index is 2.96. The quantitative estimate of drug-likeness (QED) is 0.727. The van der Waals surface area contributed by atoms with Gasteiger partial charge >= 0.3 is 0 Å². The third-order valence-corrected chi connectivity index (χ3v) is 2.82. The second kappa shape index (κ2) is 7.13. The van der Waals surface area contributed by atoms with Crippen molar-refractivity contribution in [2.75, 3.05) is 13.1 Å². The van der Waals surface area contributed by atoms with E-state index in [2.05, 4.69) is 12.8 Å². The van der Waals surface area contributed by atoms with Gasteiger partial charge in [-0.25, -0.2) is 0 Å². The number of hydrogen-bond acceptors (Lipinski definition) is 1. The molecular formula is C14H19ClN2O. The molecule has 0 atom stereocenters. The van der Waals surface area contributed by atoms with Crippen LogP contribution >= 0.6 is 11.6 Å². The molecule has 0 aliphatic carbocycles. The largest absolute Gasteiger partial charge is 0.342 e. The van der Waals surface area contributed by atoms with Gasteiger partial charge in [-0.3, -0.25) is 4.79 Å². The molecule has 18 heavy (non-hydrogen) atoms. The van der Waals surface area contributed by atoms with Crippen molar-refractivity contribution in [2.24, 2.45) is 0 Å². The van der Waals surface area contributed by atoms with Gasteiger partial charge in [-0.1, -0.05) is 31.4 Å². The van der Waals surface area contributed by atoms with E-state index in [1.807, 2.05) is 11.5 Å². The first-order chi connectivity index (χ1) is 8.63. The molecule has 1 amide bonds. The van der Waals surface area contributed by atoms with Crippen molar-refractivity contribution in [1.82, 2.24) is 9.47 Å². The van der Waals surface area contributed by atoms with Gasteiger partial charge in [0.15, 0.2) is 0 Å². The number of hydrogen-bond donors (Lipinski definition) is 0. The summed E-state index contributed by atoms with van der Waals surface area (Å²) in [7, 11) is 0. The first-order valence-corrected chi connectivity index (χ1v) is 6.60. The van der Waals surface area contributed by atoms with Gasteiger partial charge in [0.2, 0.25) is 0 Å². The normalized spacial score (nSPS) is 10.1. The highest BCUT2D eigenvalue weighted by atomic mass is 35.5. The van der Waals surface area contributed by atoms with E-state index in [4.69, 9.17) is 18.0 Å². The zero-order valence-electron chi connectivity index (χ0n) is 10.9. The van der Waals surface area contributed by atoms with Crippen molar-refractivity contribution in [3.05, 3.63) is 23.0 Å². The predicted octanol–water partition coefficient (Wildman–Crippen LogP) is 3.04. The Morgan fingerprint density at radius 1 is 1.50 bits per heavy atom. The summed E-state index contributed by atoms with van der Waals surface area (Å²) in [4.78, 5) is 14.1. The van der Waals surface area contributed by atoms with Crippen LogP contribution in [0.4, 0.5) is 0 Å². The second-order valence-electron chi connectivity index (χ2n) is 4.17. The van der Waals surface area contributed by atoms with E-state index >= 15 is 0 Å². The lowest BCUT2D eigenvalue weighted by molar-refractivity contribution is 0.0766. The smallest absolute Gasteiger partial charge is 0.271 e. The van der Waals surface area contributed by atoms with Crippen LogP contribution in [0.15, 0.2) is 12.3 Å². The molecule has 0 saturated heterocycles.